The van der Waals surface area contributed by atoms with E-state index in [9.17, 15) is 13.5 Å². The highest BCUT2D eigenvalue weighted by atomic mass is 32.2. The van der Waals surface area contributed by atoms with Crippen molar-refractivity contribution < 1.29 is 13.5 Å². The van der Waals surface area contributed by atoms with Crippen molar-refractivity contribution >= 4 is 10.0 Å². The molecule has 1 aromatic carbocycles. The molecule has 0 fully saturated rings. The lowest BCUT2D eigenvalue weighted by Crippen LogP contribution is -2.42. The van der Waals surface area contributed by atoms with E-state index in [-0.39, 0.29) is 4.90 Å². The Morgan fingerprint density at radius 3 is 2.35 bits per heavy atom. The number of hydrogen-bond acceptors (Lipinski definition) is 4. The van der Waals surface area contributed by atoms with Crippen molar-refractivity contribution in [2.75, 3.05) is 26.2 Å². The van der Waals surface area contributed by atoms with Gasteiger partial charge in [0, 0.05) is 19.6 Å². The summed E-state index contributed by atoms with van der Waals surface area (Å²) in [5.74, 6) is 0. The minimum atomic E-state index is -3.45. The summed E-state index contributed by atoms with van der Waals surface area (Å²) in [5.41, 5.74) is -0.783. The molecule has 114 valence electrons. The van der Waals surface area contributed by atoms with E-state index >= 15 is 0 Å². The molecule has 0 amide bonds. The third-order valence-electron chi connectivity index (χ3n) is 2.83. The molecule has 2 N–H and O–H groups in total. The largest absolute Gasteiger partial charge is 0.389 e. The summed E-state index contributed by atoms with van der Waals surface area (Å²) in [7, 11) is -3.45. The number of likely N-dealkylation sites (N-methyl/N-ethyl adjacent to an activating group) is 1. The molecule has 0 unspecified atom stereocenters. The lowest BCUT2D eigenvalue weighted by molar-refractivity contribution is 0.0387. The van der Waals surface area contributed by atoms with Crippen molar-refractivity contribution in [1.82, 2.24) is 9.62 Å². The summed E-state index contributed by atoms with van der Waals surface area (Å²) < 4.78 is 26.6. The lowest BCUT2D eigenvalue weighted by atomic mass is 10.1. The van der Waals surface area contributed by atoms with Crippen molar-refractivity contribution in [3.63, 3.8) is 0 Å². The number of benzene rings is 1. The Hall–Kier alpha value is -0.950. The van der Waals surface area contributed by atoms with Crippen LogP contribution in [0.25, 0.3) is 0 Å². The van der Waals surface area contributed by atoms with Crippen molar-refractivity contribution in [2.45, 2.75) is 31.3 Å². The lowest BCUT2D eigenvalue weighted by Gasteiger charge is -2.27. The van der Waals surface area contributed by atoms with Gasteiger partial charge in [0.25, 0.3) is 0 Å². The Labute approximate surface area is 121 Å². The standard InChI is InChI=1S/C14H24N2O3S/c1-4-16(12-14(2,3)17)11-10-15-20(18,19)13-8-6-5-7-9-13/h5-9,15,17H,4,10-12H2,1-3H3. The highest BCUT2D eigenvalue weighted by molar-refractivity contribution is 7.89. The highest BCUT2D eigenvalue weighted by Crippen LogP contribution is 2.07. The Bertz CT molecular complexity index is 495. The summed E-state index contributed by atoms with van der Waals surface area (Å²) in [6, 6.07) is 8.30. The van der Waals surface area contributed by atoms with Crippen LogP contribution < -0.4 is 4.72 Å². The zero-order valence-corrected chi connectivity index (χ0v) is 13.2. The van der Waals surface area contributed by atoms with Gasteiger partial charge in [0.05, 0.1) is 10.5 Å². The average molecular weight is 300 g/mol. The van der Waals surface area contributed by atoms with E-state index in [1.807, 2.05) is 11.8 Å². The average Bonchev–Trinajstić information content (AvgIpc) is 2.37. The molecule has 1 rings (SSSR count). The Balaban J connectivity index is 2.51. The van der Waals surface area contributed by atoms with Crippen LogP contribution in [0.3, 0.4) is 0 Å². The molecule has 0 aromatic heterocycles. The Kier molecular flexibility index (Phi) is 6.13. The van der Waals surface area contributed by atoms with E-state index in [4.69, 9.17) is 0 Å². The van der Waals surface area contributed by atoms with Crippen molar-refractivity contribution in [1.29, 1.82) is 0 Å². The maximum absolute atomic E-state index is 12.0. The molecule has 0 saturated carbocycles. The molecule has 20 heavy (non-hydrogen) atoms. The first-order valence-corrected chi connectivity index (χ1v) is 8.22. The molecule has 0 saturated heterocycles. The minimum absolute atomic E-state index is 0.269. The topological polar surface area (TPSA) is 69.6 Å². The second-order valence-corrected chi connectivity index (χ2v) is 7.16. The summed E-state index contributed by atoms with van der Waals surface area (Å²) in [4.78, 5) is 2.28. The van der Waals surface area contributed by atoms with Gasteiger partial charge in [-0.05, 0) is 32.5 Å². The van der Waals surface area contributed by atoms with Crippen LogP contribution in [0.4, 0.5) is 0 Å². The van der Waals surface area contributed by atoms with E-state index in [1.54, 1.807) is 44.2 Å². The number of hydrogen-bond donors (Lipinski definition) is 2. The van der Waals surface area contributed by atoms with Crippen LogP contribution in [0.5, 0.6) is 0 Å². The molecule has 0 aliphatic heterocycles. The van der Waals surface area contributed by atoms with Gasteiger partial charge in [0.15, 0.2) is 0 Å². The van der Waals surface area contributed by atoms with Gasteiger partial charge in [-0.2, -0.15) is 0 Å². The maximum atomic E-state index is 12.0. The van der Waals surface area contributed by atoms with Gasteiger partial charge in [0.2, 0.25) is 10.0 Å². The third kappa shape index (κ3) is 6.00. The van der Waals surface area contributed by atoms with Crippen molar-refractivity contribution in [3.05, 3.63) is 30.3 Å². The number of nitrogens with one attached hydrogen (secondary N) is 1. The van der Waals surface area contributed by atoms with Crippen LogP contribution in [0.2, 0.25) is 0 Å². The molecule has 0 atom stereocenters. The molecule has 0 aliphatic rings. The molecule has 0 spiro atoms. The summed E-state index contributed by atoms with van der Waals surface area (Å²) in [6.07, 6.45) is 0. The quantitative estimate of drug-likeness (QED) is 0.753. The molecule has 0 radical (unpaired) electrons. The normalized spacial score (nSPS) is 12.8. The van der Waals surface area contributed by atoms with Gasteiger partial charge >= 0.3 is 0 Å². The summed E-state index contributed by atoms with van der Waals surface area (Å²) in [6.45, 7) is 7.62. The van der Waals surface area contributed by atoms with Gasteiger partial charge in [-0.1, -0.05) is 25.1 Å². The smallest absolute Gasteiger partial charge is 0.240 e. The van der Waals surface area contributed by atoms with Crippen LogP contribution >= 0.6 is 0 Å². The van der Waals surface area contributed by atoms with E-state index < -0.39 is 15.6 Å². The van der Waals surface area contributed by atoms with Gasteiger partial charge in [-0.3, -0.25) is 4.90 Å². The van der Waals surface area contributed by atoms with Gasteiger partial charge in [-0.15, -0.1) is 0 Å². The zero-order chi connectivity index (χ0) is 15.2. The molecule has 5 nitrogen and oxygen atoms in total. The molecule has 0 aliphatic carbocycles. The summed E-state index contributed by atoms with van der Waals surface area (Å²) >= 11 is 0. The first-order valence-electron chi connectivity index (χ1n) is 6.74. The van der Waals surface area contributed by atoms with Crippen molar-refractivity contribution in [3.8, 4) is 0 Å². The molecule has 0 bridgehead atoms. The van der Waals surface area contributed by atoms with E-state index in [0.29, 0.717) is 19.6 Å². The third-order valence-corrected chi connectivity index (χ3v) is 4.31. The van der Waals surface area contributed by atoms with E-state index in [0.717, 1.165) is 6.54 Å². The van der Waals surface area contributed by atoms with E-state index in [1.165, 1.54) is 0 Å². The zero-order valence-electron chi connectivity index (χ0n) is 12.3. The van der Waals surface area contributed by atoms with Crippen LogP contribution in [-0.2, 0) is 10.0 Å². The highest BCUT2D eigenvalue weighted by Gasteiger charge is 2.18. The number of sulfonamides is 1. The van der Waals surface area contributed by atoms with Crippen LogP contribution in [0.15, 0.2) is 35.2 Å². The predicted octanol–water partition coefficient (Wildman–Crippen LogP) is 1.06. The first-order chi connectivity index (χ1) is 9.24. The fourth-order valence-corrected chi connectivity index (χ4v) is 2.96. The van der Waals surface area contributed by atoms with Gasteiger partial charge < -0.3 is 5.11 Å². The fraction of sp³-hybridized carbons (Fsp3) is 0.571. The predicted molar refractivity (Wildman–Crippen MR) is 80.0 cm³/mol. The van der Waals surface area contributed by atoms with Crippen LogP contribution in [0.1, 0.15) is 20.8 Å². The summed E-state index contributed by atoms with van der Waals surface area (Å²) in [5, 5.41) is 9.78. The molecule has 1 aromatic rings. The fourth-order valence-electron chi connectivity index (χ4n) is 1.92. The first kappa shape index (κ1) is 17.1. The second-order valence-electron chi connectivity index (χ2n) is 5.39. The molecular weight excluding hydrogens is 276 g/mol. The minimum Gasteiger partial charge on any atom is -0.389 e. The van der Waals surface area contributed by atoms with Gasteiger partial charge in [-0.25, -0.2) is 13.1 Å². The van der Waals surface area contributed by atoms with Crippen LogP contribution in [0, 0.1) is 0 Å². The van der Waals surface area contributed by atoms with Crippen LogP contribution in [-0.4, -0.2) is 50.2 Å². The number of nitrogens with zero attached hydrogens (tertiary/aromatic N) is 1. The maximum Gasteiger partial charge on any atom is 0.240 e. The van der Waals surface area contributed by atoms with E-state index in [2.05, 4.69) is 4.72 Å². The molecule has 0 heterocycles. The molecular formula is C14H24N2O3S. The number of aliphatic hydroxyl groups is 1. The Morgan fingerprint density at radius 1 is 1.25 bits per heavy atom. The monoisotopic (exact) mass is 300 g/mol. The molecule has 6 heteroatoms. The number of rotatable bonds is 8. The second kappa shape index (κ2) is 7.17. The van der Waals surface area contributed by atoms with Gasteiger partial charge in [0.1, 0.15) is 0 Å². The SMILES string of the molecule is CCN(CCNS(=O)(=O)c1ccccc1)CC(C)(C)O. The van der Waals surface area contributed by atoms with Crippen molar-refractivity contribution in [2.24, 2.45) is 0 Å². The Morgan fingerprint density at radius 2 is 1.85 bits per heavy atom.